The zero-order valence-electron chi connectivity index (χ0n) is 15.2. The summed E-state index contributed by atoms with van der Waals surface area (Å²) in [5.74, 6) is 0.122. The first-order valence-corrected chi connectivity index (χ1v) is 9.03. The number of aliphatic hydroxyl groups is 1. The highest BCUT2D eigenvalue weighted by Crippen LogP contribution is 2.17. The molecular weight excluding hydrogens is 332 g/mol. The highest BCUT2D eigenvalue weighted by Gasteiger charge is 2.29. The van der Waals surface area contributed by atoms with Crippen molar-refractivity contribution in [3.63, 3.8) is 0 Å². The normalized spacial score (nSPS) is 18.2. The Morgan fingerprint density at radius 3 is 2.96 bits per heavy atom. The van der Waals surface area contributed by atoms with Crippen LogP contribution in [0.25, 0.3) is 0 Å². The maximum Gasteiger partial charge on any atom is 0.224 e. The minimum atomic E-state index is 0.114. The number of nitrogens with zero attached hydrogens (tertiary/aromatic N) is 6. The number of hydrogen-bond donors (Lipinski definition) is 1. The summed E-state index contributed by atoms with van der Waals surface area (Å²) in [4.78, 5) is 25.2. The molecule has 2 aromatic rings. The molecular formula is C18H26N6O2. The van der Waals surface area contributed by atoms with Crippen molar-refractivity contribution >= 4 is 5.91 Å². The Labute approximate surface area is 153 Å². The second-order valence-electron chi connectivity index (χ2n) is 6.66. The van der Waals surface area contributed by atoms with Crippen LogP contribution in [0.3, 0.4) is 0 Å². The van der Waals surface area contributed by atoms with Crippen LogP contribution in [0.15, 0.2) is 30.9 Å². The Bertz CT molecular complexity index is 705. The SMILES string of the molecule is Cc1cccc(CN2CCN(C(=O)CCn3cncn3)C[C@@H]2CCO)n1. The molecule has 0 unspecified atom stereocenters. The van der Waals surface area contributed by atoms with Gasteiger partial charge in [-0.05, 0) is 25.5 Å². The quantitative estimate of drug-likeness (QED) is 0.774. The maximum atomic E-state index is 12.5. The molecule has 3 heterocycles. The number of hydrogen-bond acceptors (Lipinski definition) is 6. The number of piperazine rings is 1. The van der Waals surface area contributed by atoms with E-state index < -0.39 is 0 Å². The minimum absolute atomic E-state index is 0.114. The molecule has 3 rings (SSSR count). The summed E-state index contributed by atoms with van der Waals surface area (Å²) < 4.78 is 1.67. The fourth-order valence-electron chi connectivity index (χ4n) is 3.36. The van der Waals surface area contributed by atoms with Gasteiger partial charge >= 0.3 is 0 Å². The maximum absolute atomic E-state index is 12.5. The molecule has 1 saturated heterocycles. The second kappa shape index (κ2) is 8.86. The summed E-state index contributed by atoms with van der Waals surface area (Å²) in [6, 6.07) is 6.17. The number of pyridine rings is 1. The summed E-state index contributed by atoms with van der Waals surface area (Å²) in [7, 11) is 0. The van der Waals surface area contributed by atoms with Crippen LogP contribution in [0.4, 0.5) is 0 Å². The van der Waals surface area contributed by atoms with Gasteiger partial charge in [0.1, 0.15) is 12.7 Å². The Hall–Kier alpha value is -2.32. The lowest BCUT2D eigenvalue weighted by Gasteiger charge is -2.41. The second-order valence-corrected chi connectivity index (χ2v) is 6.66. The van der Waals surface area contributed by atoms with Gasteiger partial charge in [-0.25, -0.2) is 4.98 Å². The van der Waals surface area contributed by atoms with E-state index in [4.69, 9.17) is 0 Å². The summed E-state index contributed by atoms with van der Waals surface area (Å²) in [5, 5.41) is 13.5. The highest BCUT2D eigenvalue weighted by atomic mass is 16.3. The zero-order valence-corrected chi connectivity index (χ0v) is 15.2. The van der Waals surface area contributed by atoms with Crippen LogP contribution in [0.2, 0.25) is 0 Å². The predicted molar refractivity (Wildman–Crippen MR) is 96.1 cm³/mol. The van der Waals surface area contributed by atoms with Gasteiger partial charge in [-0.2, -0.15) is 5.10 Å². The molecule has 1 amide bonds. The molecule has 0 aromatic carbocycles. The zero-order chi connectivity index (χ0) is 18.4. The van der Waals surface area contributed by atoms with E-state index in [1.54, 1.807) is 11.0 Å². The molecule has 8 nitrogen and oxygen atoms in total. The number of aliphatic hydroxyl groups excluding tert-OH is 1. The standard InChI is InChI=1S/C18H26N6O2/c1-15-3-2-4-16(21-15)11-22-8-9-23(12-17(22)6-10-25)18(26)5-7-24-14-19-13-20-24/h2-4,13-14,17,25H,5-12H2,1H3/t17-/m0/s1. The molecule has 26 heavy (non-hydrogen) atoms. The van der Waals surface area contributed by atoms with Crippen molar-refractivity contribution < 1.29 is 9.90 Å². The molecule has 0 radical (unpaired) electrons. The Morgan fingerprint density at radius 1 is 1.35 bits per heavy atom. The van der Waals surface area contributed by atoms with Crippen LogP contribution >= 0.6 is 0 Å². The molecule has 1 atom stereocenters. The lowest BCUT2D eigenvalue weighted by Crippen LogP contribution is -2.54. The molecule has 0 bridgehead atoms. The van der Waals surface area contributed by atoms with Gasteiger partial charge in [0.25, 0.3) is 0 Å². The van der Waals surface area contributed by atoms with E-state index in [0.29, 0.717) is 32.5 Å². The van der Waals surface area contributed by atoms with Crippen molar-refractivity contribution in [1.29, 1.82) is 0 Å². The predicted octanol–water partition coefficient (Wildman–Crippen LogP) is 0.467. The molecule has 1 N–H and O–H groups in total. The van der Waals surface area contributed by atoms with Crippen molar-refractivity contribution in [2.45, 2.75) is 38.9 Å². The highest BCUT2D eigenvalue weighted by molar-refractivity contribution is 5.76. The third kappa shape index (κ3) is 4.86. The van der Waals surface area contributed by atoms with Gasteiger partial charge in [0.05, 0.1) is 12.2 Å². The number of aryl methyl sites for hydroxylation is 2. The molecule has 0 aliphatic carbocycles. The van der Waals surface area contributed by atoms with Crippen LogP contribution in [0, 0.1) is 6.92 Å². The van der Waals surface area contributed by atoms with E-state index in [9.17, 15) is 9.90 Å². The number of aromatic nitrogens is 4. The molecule has 1 aliphatic heterocycles. The number of carbonyl (C=O) groups excluding carboxylic acids is 1. The van der Waals surface area contributed by atoms with Gasteiger partial charge in [-0.1, -0.05) is 6.07 Å². The van der Waals surface area contributed by atoms with Crippen LogP contribution < -0.4 is 0 Å². The van der Waals surface area contributed by atoms with Gasteiger partial charge in [-0.15, -0.1) is 0 Å². The molecule has 0 spiro atoms. The van der Waals surface area contributed by atoms with Gasteiger partial charge in [0, 0.05) is 50.9 Å². The van der Waals surface area contributed by atoms with E-state index >= 15 is 0 Å². The fraction of sp³-hybridized carbons (Fsp3) is 0.556. The first-order chi connectivity index (χ1) is 12.7. The monoisotopic (exact) mass is 358 g/mol. The molecule has 1 aliphatic rings. The Balaban J connectivity index is 1.57. The van der Waals surface area contributed by atoms with Crippen molar-refractivity contribution in [3.8, 4) is 0 Å². The molecule has 8 heteroatoms. The summed E-state index contributed by atoms with van der Waals surface area (Å²) in [6.07, 6.45) is 4.15. The smallest absolute Gasteiger partial charge is 0.224 e. The van der Waals surface area contributed by atoms with Crippen molar-refractivity contribution in [2.24, 2.45) is 0 Å². The molecule has 0 saturated carbocycles. The van der Waals surface area contributed by atoms with Crippen LogP contribution in [0.5, 0.6) is 0 Å². The largest absolute Gasteiger partial charge is 0.396 e. The first-order valence-electron chi connectivity index (χ1n) is 9.03. The average molecular weight is 358 g/mol. The van der Waals surface area contributed by atoms with Crippen LogP contribution in [0.1, 0.15) is 24.2 Å². The van der Waals surface area contributed by atoms with E-state index in [-0.39, 0.29) is 18.6 Å². The van der Waals surface area contributed by atoms with Crippen LogP contribution in [-0.4, -0.2) is 72.8 Å². The fourth-order valence-corrected chi connectivity index (χ4v) is 3.36. The Kier molecular flexibility index (Phi) is 6.30. The third-order valence-electron chi connectivity index (χ3n) is 4.75. The average Bonchev–Trinajstić information content (AvgIpc) is 3.15. The third-order valence-corrected chi connectivity index (χ3v) is 4.75. The lowest BCUT2D eigenvalue weighted by atomic mass is 10.1. The number of carbonyl (C=O) groups is 1. The molecule has 1 fully saturated rings. The topological polar surface area (TPSA) is 87.4 Å². The van der Waals surface area contributed by atoms with E-state index in [1.807, 2.05) is 30.0 Å². The van der Waals surface area contributed by atoms with Gasteiger partial charge in [-0.3, -0.25) is 19.4 Å². The van der Waals surface area contributed by atoms with Crippen LogP contribution in [-0.2, 0) is 17.9 Å². The van der Waals surface area contributed by atoms with Gasteiger partial charge < -0.3 is 10.0 Å². The lowest BCUT2D eigenvalue weighted by molar-refractivity contribution is -0.134. The van der Waals surface area contributed by atoms with Crippen molar-refractivity contribution in [2.75, 3.05) is 26.2 Å². The van der Waals surface area contributed by atoms with E-state index in [2.05, 4.69) is 20.0 Å². The Morgan fingerprint density at radius 2 is 2.23 bits per heavy atom. The summed E-state index contributed by atoms with van der Waals surface area (Å²) >= 11 is 0. The van der Waals surface area contributed by atoms with Crippen molar-refractivity contribution in [1.82, 2.24) is 29.5 Å². The van der Waals surface area contributed by atoms with Gasteiger partial charge in [0.2, 0.25) is 5.91 Å². The van der Waals surface area contributed by atoms with E-state index in [1.165, 1.54) is 6.33 Å². The summed E-state index contributed by atoms with van der Waals surface area (Å²) in [5.41, 5.74) is 2.03. The van der Waals surface area contributed by atoms with Crippen molar-refractivity contribution in [3.05, 3.63) is 42.2 Å². The molecule has 140 valence electrons. The number of rotatable bonds is 7. The molecule has 2 aromatic heterocycles. The van der Waals surface area contributed by atoms with E-state index in [0.717, 1.165) is 24.5 Å². The number of amides is 1. The summed E-state index contributed by atoms with van der Waals surface area (Å²) in [6.45, 7) is 5.51. The minimum Gasteiger partial charge on any atom is -0.396 e. The first kappa shape index (κ1) is 18.5. The van der Waals surface area contributed by atoms with Gasteiger partial charge in [0.15, 0.2) is 0 Å².